The molecule has 106 valence electrons. The highest BCUT2D eigenvalue weighted by Crippen LogP contribution is 2.11. The lowest BCUT2D eigenvalue weighted by Gasteiger charge is -2.06. The van der Waals surface area contributed by atoms with E-state index >= 15 is 0 Å². The SMILES string of the molecule is O=C(O)CCCNS(=O)(=O)CCc1cccc(Cl)c1. The zero-order valence-corrected chi connectivity index (χ0v) is 11.9. The quantitative estimate of drug-likeness (QED) is 0.716. The number of sulfonamides is 1. The van der Waals surface area contributed by atoms with Crippen LogP contribution in [0.4, 0.5) is 0 Å². The Morgan fingerprint density at radius 1 is 1.37 bits per heavy atom. The van der Waals surface area contributed by atoms with Gasteiger partial charge in [0.05, 0.1) is 5.75 Å². The maximum absolute atomic E-state index is 11.6. The van der Waals surface area contributed by atoms with Crippen molar-refractivity contribution in [2.45, 2.75) is 19.3 Å². The molecule has 2 N–H and O–H groups in total. The van der Waals surface area contributed by atoms with Gasteiger partial charge in [0, 0.05) is 18.0 Å². The van der Waals surface area contributed by atoms with Crippen molar-refractivity contribution in [3.05, 3.63) is 34.9 Å². The summed E-state index contributed by atoms with van der Waals surface area (Å²) in [6.07, 6.45) is 0.608. The Balaban J connectivity index is 2.36. The zero-order chi connectivity index (χ0) is 14.3. The number of aliphatic carboxylic acids is 1. The van der Waals surface area contributed by atoms with E-state index in [1.165, 1.54) is 0 Å². The maximum atomic E-state index is 11.6. The van der Waals surface area contributed by atoms with Crippen LogP contribution < -0.4 is 4.72 Å². The number of carbonyl (C=O) groups is 1. The van der Waals surface area contributed by atoms with Crippen LogP contribution in [0.15, 0.2) is 24.3 Å². The molecule has 0 fully saturated rings. The summed E-state index contributed by atoms with van der Waals surface area (Å²) in [4.78, 5) is 10.3. The van der Waals surface area contributed by atoms with Crippen molar-refractivity contribution in [2.75, 3.05) is 12.3 Å². The van der Waals surface area contributed by atoms with Gasteiger partial charge in [-0.2, -0.15) is 0 Å². The number of nitrogens with one attached hydrogen (secondary N) is 1. The Morgan fingerprint density at radius 3 is 2.74 bits per heavy atom. The summed E-state index contributed by atoms with van der Waals surface area (Å²) in [5, 5.41) is 9.00. The molecular weight excluding hydrogens is 290 g/mol. The highest BCUT2D eigenvalue weighted by molar-refractivity contribution is 7.89. The van der Waals surface area contributed by atoms with Crippen LogP contribution in [0.3, 0.4) is 0 Å². The summed E-state index contributed by atoms with van der Waals surface area (Å²) >= 11 is 5.81. The summed E-state index contributed by atoms with van der Waals surface area (Å²) < 4.78 is 25.7. The Morgan fingerprint density at radius 2 is 2.11 bits per heavy atom. The first kappa shape index (κ1) is 15.9. The molecule has 1 aromatic rings. The average Bonchev–Trinajstić information content (AvgIpc) is 2.32. The molecule has 1 rings (SSSR count). The van der Waals surface area contributed by atoms with E-state index in [4.69, 9.17) is 16.7 Å². The molecule has 0 radical (unpaired) electrons. The number of halogens is 1. The number of carboxylic acids is 1. The smallest absolute Gasteiger partial charge is 0.303 e. The second-order valence-electron chi connectivity index (χ2n) is 4.09. The third-order valence-electron chi connectivity index (χ3n) is 2.44. The lowest BCUT2D eigenvalue weighted by atomic mass is 10.2. The van der Waals surface area contributed by atoms with Crippen molar-refractivity contribution in [1.82, 2.24) is 4.72 Å². The van der Waals surface area contributed by atoms with Gasteiger partial charge in [-0.1, -0.05) is 23.7 Å². The van der Waals surface area contributed by atoms with E-state index in [1.54, 1.807) is 18.2 Å². The lowest BCUT2D eigenvalue weighted by molar-refractivity contribution is -0.137. The molecule has 0 atom stereocenters. The molecule has 7 heteroatoms. The Bertz CT molecular complexity index is 530. The molecule has 0 saturated heterocycles. The Hall–Kier alpha value is -1.11. The number of hydrogen-bond acceptors (Lipinski definition) is 3. The second-order valence-corrected chi connectivity index (χ2v) is 6.45. The molecule has 0 aliphatic carbocycles. The monoisotopic (exact) mass is 305 g/mol. The van der Waals surface area contributed by atoms with Crippen LogP contribution in [-0.4, -0.2) is 31.8 Å². The fraction of sp³-hybridized carbons (Fsp3) is 0.417. The second kappa shape index (κ2) is 7.47. The minimum Gasteiger partial charge on any atom is -0.481 e. The van der Waals surface area contributed by atoms with E-state index in [1.807, 2.05) is 6.07 Å². The number of rotatable bonds is 8. The number of benzene rings is 1. The summed E-state index contributed by atoms with van der Waals surface area (Å²) in [6, 6.07) is 7.03. The van der Waals surface area contributed by atoms with Crippen LogP contribution >= 0.6 is 11.6 Å². The lowest BCUT2D eigenvalue weighted by Crippen LogP contribution is -2.28. The fourth-order valence-electron chi connectivity index (χ4n) is 1.48. The summed E-state index contributed by atoms with van der Waals surface area (Å²) in [5.41, 5.74) is 0.850. The van der Waals surface area contributed by atoms with Crippen molar-refractivity contribution in [3.8, 4) is 0 Å². The minimum absolute atomic E-state index is 0.0413. The predicted octanol–water partition coefficient (Wildman–Crippen LogP) is 1.67. The molecule has 0 heterocycles. The van der Waals surface area contributed by atoms with Gasteiger partial charge in [-0.15, -0.1) is 0 Å². The van der Waals surface area contributed by atoms with E-state index in [-0.39, 0.29) is 25.1 Å². The van der Waals surface area contributed by atoms with Gasteiger partial charge in [-0.3, -0.25) is 4.79 Å². The van der Waals surface area contributed by atoms with Crippen LogP contribution in [-0.2, 0) is 21.2 Å². The van der Waals surface area contributed by atoms with Gasteiger partial charge >= 0.3 is 5.97 Å². The molecule has 5 nitrogen and oxygen atoms in total. The van der Waals surface area contributed by atoms with Crippen LogP contribution in [0.25, 0.3) is 0 Å². The van der Waals surface area contributed by atoms with Crippen molar-refractivity contribution < 1.29 is 18.3 Å². The zero-order valence-electron chi connectivity index (χ0n) is 10.3. The third kappa shape index (κ3) is 7.15. The van der Waals surface area contributed by atoms with Gasteiger partial charge in [-0.05, 0) is 30.5 Å². The molecule has 0 amide bonds. The molecule has 19 heavy (non-hydrogen) atoms. The van der Waals surface area contributed by atoms with E-state index in [2.05, 4.69) is 4.72 Å². The van der Waals surface area contributed by atoms with Crippen LogP contribution in [0.2, 0.25) is 5.02 Å². The average molecular weight is 306 g/mol. The largest absolute Gasteiger partial charge is 0.481 e. The molecule has 0 spiro atoms. The Kier molecular flexibility index (Phi) is 6.27. The molecule has 0 unspecified atom stereocenters. The molecule has 1 aromatic carbocycles. The molecule has 0 aliphatic rings. The van der Waals surface area contributed by atoms with Gasteiger partial charge in [0.25, 0.3) is 0 Å². The van der Waals surface area contributed by atoms with Crippen LogP contribution in [0, 0.1) is 0 Å². The normalized spacial score (nSPS) is 11.4. The van der Waals surface area contributed by atoms with Crippen molar-refractivity contribution in [1.29, 1.82) is 0 Å². The van der Waals surface area contributed by atoms with Gasteiger partial charge in [0.15, 0.2) is 0 Å². The fourth-order valence-corrected chi connectivity index (χ4v) is 2.80. The topological polar surface area (TPSA) is 83.5 Å². The van der Waals surface area contributed by atoms with Crippen molar-refractivity contribution >= 4 is 27.6 Å². The van der Waals surface area contributed by atoms with Crippen molar-refractivity contribution in [2.24, 2.45) is 0 Å². The van der Waals surface area contributed by atoms with Crippen LogP contribution in [0.1, 0.15) is 18.4 Å². The molecule has 0 bridgehead atoms. The highest BCUT2D eigenvalue weighted by atomic mass is 35.5. The minimum atomic E-state index is -3.38. The highest BCUT2D eigenvalue weighted by Gasteiger charge is 2.10. The number of hydrogen-bond donors (Lipinski definition) is 2. The predicted molar refractivity (Wildman–Crippen MR) is 73.8 cm³/mol. The Labute approximate surface area is 117 Å². The van der Waals surface area contributed by atoms with Gasteiger partial charge in [0.1, 0.15) is 0 Å². The standard InChI is InChI=1S/C12H16ClNO4S/c13-11-4-1-3-10(9-11)6-8-19(17,18)14-7-2-5-12(15)16/h1,3-4,9,14H,2,5-8H2,(H,15,16). The van der Waals surface area contributed by atoms with E-state index in [9.17, 15) is 13.2 Å². The van der Waals surface area contributed by atoms with Gasteiger partial charge in [0.2, 0.25) is 10.0 Å². The third-order valence-corrected chi connectivity index (χ3v) is 4.06. The maximum Gasteiger partial charge on any atom is 0.303 e. The van der Waals surface area contributed by atoms with Gasteiger partial charge < -0.3 is 5.11 Å². The van der Waals surface area contributed by atoms with Crippen LogP contribution in [0.5, 0.6) is 0 Å². The summed E-state index contributed by atoms with van der Waals surface area (Å²) in [5.74, 6) is -0.974. The number of carboxylic acid groups (broad SMARTS) is 1. The van der Waals surface area contributed by atoms with E-state index < -0.39 is 16.0 Å². The van der Waals surface area contributed by atoms with Crippen molar-refractivity contribution in [3.63, 3.8) is 0 Å². The summed E-state index contributed by atoms with van der Waals surface area (Å²) in [7, 11) is -3.38. The van der Waals surface area contributed by atoms with E-state index in [0.717, 1.165) is 5.56 Å². The number of aryl methyl sites for hydroxylation is 1. The molecule has 0 aromatic heterocycles. The molecule has 0 aliphatic heterocycles. The van der Waals surface area contributed by atoms with E-state index in [0.29, 0.717) is 11.4 Å². The first-order valence-corrected chi connectivity index (χ1v) is 7.86. The first-order chi connectivity index (χ1) is 8.89. The first-order valence-electron chi connectivity index (χ1n) is 5.82. The molecule has 0 saturated carbocycles. The summed E-state index contributed by atoms with van der Waals surface area (Å²) in [6.45, 7) is 0.143. The van der Waals surface area contributed by atoms with Gasteiger partial charge in [-0.25, -0.2) is 13.1 Å². The molecular formula is C12H16ClNO4S.